The van der Waals surface area contributed by atoms with Crippen LogP contribution >= 0.6 is 11.3 Å². The molecule has 0 spiro atoms. The molecule has 0 aromatic carbocycles. The van der Waals surface area contributed by atoms with Crippen LogP contribution in [0.1, 0.15) is 66.8 Å². The Morgan fingerprint density at radius 3 is 2.69 bits per heavy atom. The van der Waals surface area contributed by atoms with Gasteiger partial charge in [0.2, 0.25) is 0 Å². The lowest BCUT2D eigenvalue weighted by Crippen LogP contribution is -2.33. The molecule has 1 atom stereocenters. The van der Waals surface area contributed by atoms with Crippen LogP contribution in [0.5, 0.6) is 0 Å². The molecule has 6 nitrogen and oxygen atoms in total. The van der Waals surface area contributed by atoms with E-state index in [9.17, 15) is 9.90 Å². The highest BCUT2D eigenvalue weighted by Gasteiger charge is 2.21. The van der Waals surface area contributed by atoms with E-state index in [2.05, 4.69) is 49.0 Å². The molecule has 1 heterocycles. The zero-order valence-electron chi connectivity index (χ0n) is 20.3. The third kappa shape index (κ3) is 7.57. The number of amides is 1. The molecular formula is C25H39N3O3S. The minimum Gasteiger partial charge on any atom is -0.498 e. The molecule has 1 unspecified atom stereocenters. The summed E-state index contributed by atoms with van der Waals surface area (Å²) in [5, 5.41) is 10.1. The molecule has 0 saturated carbocycles. The van der Waals surface area contributed by atoms with Gasteiger partial charge in [0, 0.05) is 32.1 Å². The summed E-state index contributed by atoms with van der Waals surface area (Å²) < 4.78 is 6.04. The average molecular weight is 462 g/mol. The predicted octanol–water partition coefficient (Wildman–Crippen LogP) is 4.66. The Hall–Kier alpha value is -1.96. The van der Waals surface area contributed by atoms with Gasteiger partial charge in [-0.15, -0.1) is 11.3 Å². The Labute approximate surface area is 197 Å². The second-order valence-corrected chi connectivity index (χ2v) is 9.19. The third-order valence-electron chi connectivity index (χ3n) is 5.88. The van der Waals surface area contributed by atoms with Crippen LogP contribution in [0, 0.1) is 6.92 Å². The Morgan fingerprint density at radius 2 is 2.00 bits per heavy atom. The Morgan fingerprint density at radius 1 is 1.25 bits per heavy atom. The molecule has 0 aliphatic heterocycles. The van der Waals surface area contributed by atoms with Gasteiger partial charge < -0.3 is 19.6 Å². The molecule has 1 aliphatic carbocycles. The number of ether oxygens (including phenoxy) is 1. The standard InChI is InChI=1S/C25H39N3O3S/c1-6-19(3)27(5)15-10-18-31-22-12-9-8-11-21(13-14-22)24-26-20(4)23(32-24)25(30)28(7-2)16-17-29/h8-9,13-14,19,29H,6-7,10-12,15-18H2,1-5H3/b9-8?,21-13+,22-14+. The fourth-order valence-corrected chi connectivity index (χ4v) is 4.52. The lowest BCUT2D eigenvalue weighted by Gasteiger charge is -2.23. The summed E-state index contributed by atoms with van der Waals surface area (Å²) in [5.41, 5.74) is 1.82. The average Bonchev–Trinajstić information content (AvgIpc) is 3.16. The number of hydrogen-bond donors (Lipinski definition) is 1. The number of likely N-dealkylation sites (N-methyl/N-ethyl adjacent to an activating group) is 1. The molecule has 1 N–H and O–H groups in total. The molecule has 1 amide bonds. The summed E-state index contributed by atoms with van der Waals surface area (Å²) in [5.74, 6) is 0.890. The second-order valence-electron chi connectivity index (χ2n) is 8.19. The van der Waals surface area contributed by atoms with Gasteiger partial charge in [-0.25, -0.2) is 4.98 Å². The van der Waals surface area contributed by atoms with Crippen molar-refractivity contribution in [2.45, 2.75) is 59.4 Å². The Balaban J connectivity index is 2.05. The first-order chi connectivity index (χ1) is 15.4. The maximum Gasteiger partial charge on any atom is 0.265 e. The lowest BCUT2D eigenvalue weighted by molar-refractivity contribution is 0.0736. The number of allylic oxidation sites excluding steroid dienone is 5. The molecule has 0 fully saturated rings. The SMILES string of the molecule is CCC(C)N(C)CCCO/C1=C/C=C(/c2nc(C)c(C(=O)N(CC)CCO)s2)CC=CC1. The maximum absolute atomic E-state index is 12.8. The molecule has 0 saturated heterocycles. The first-order valence-electron chi connectivity index (χ1n) is 11.7. The van der Waals surface area contributed by atoms with E-state index >= 15 is 0 Å². The summed E-state index contributed by atoms with van der Waals surface area (Å²) in [4.78, 5) is 22.2. The van der Waals surface area contributed by atoms with Crippen LogP contribution < -0.4 is 0 Å². The molecule has 178 valence electrons. The van der Waals surface area contributed by atoms with Crippen LogP contribution in [-0.4, -0.2) is 71.7 Å². The van der Waals surface area contributed by atoms with Crippen LogP contribution in [-0.2, 0) is 4.74 Å². The van der Waals surface area contributed by atoms with Gasteiger partial charge in [0.05, 0.1) is 24.7 Å². The van der Waals surface area contributed by atoms with Crippen LogP contribution in [0.15, 0.2) is 30.1 Å². The number of hydrogen-bond acceptors (Lipinski definition) is 6. The van der Waals surface area contributed by atoms with Crippen molar-refractivity contribution in [2.75, 3.05) is 39.9 Å². The predicted molar refractivity (Wildman–Crippen MR) is 133 cm³/mol. The van der Waals surface area contributed by atoms with E-state index in [1.165, 1.54) is 11.3 Å². The number of rotatable bonds is 12. The maximum atomic E-state index is 12.8. The van der Waals surface area contributed by atoms with Gasteiger partial charge in [-0.05, 0) is 58.7 Å². The lowest BCUT2D eigenvalue weighted by atomic mass is 10.1. The van der Waals surface area contributed by atoms with E-state index in [0.29, 0.717) is 30.6 Å². The molecule has 0 radical (unpaired) electrons. The van der Waals surface area contributed by atoms with Crippen molar-refractivity contribution < 1.29 is 14.6 Å². The van der Waals surface area contributed by atoms with Crippen LogP contribution in [0.2, 0.25) is 0 Å². The number of aliphatic hydroxyl groups excluding tert-OH is 1. The van der Waals surface area contributed by atoms with E-state index < -0.39 is 0 Å². The molecule has 2 rings (SSSR count). The third-order valence-corrected chi connectivity index (χ3v) is 7.11. The molecule has 0 bridgehead atoms. The minimum atomic E-state index is -0.0632. The molecule has 7 heteroatoms. The highest BCUT2D eigenvalue weighted by molar-refractivity contribution is 7.14. The van der Waals surface area contributed by atoms with E-state index in [-0.39, 0.29) is 12.5 Å². The monoisotopic (exact) mass is 461 g/mol. The van der Waals surface area contributed by atoms with Crippen LogP contribution in [0.4, 0.5) is 0 Å². The fraction of sp³-hybridized carbons (Fsp3) is 0.600. The summed E-state index contributed by atoms with van der Waals surface area (Å²) in [7, 11) is 2.17. The molecule has 32 heavy (non-hydrogen) atoms. The normalized spacial score (nSPS) is 18.3. The topological polar surface area (TPSA) is 65.9 Å². The van der Waals surface area contributed by atoms with Crippen LogP contribution in [0.25, 0.3) is 5.57 Å². The van der Waals surface area contributed by atoms with E-state index in [4.69, 9.17) is 4.74 Å². The highest BCUT2D eigenvalue weighted by atomic mass is 32.1. The summed E-state index contributed by atoms with van der Waals surface area (Å²) in [6.07, 6.45) is 12.1. The summed E-state index contributed by atoms with van der Waals surface area (Å²) in [6.45, 7) is 10.9. The molecule has 1 aromatic heterocycles. The first kappa shape index (κ1) is 26.3. The fourth-order valence-electron chi connectivity index (χ4n) is 3.45. The number of aryl methyl sites for hydroxylation is 1. The summed E-state index contributed by atoms with van der Waals surface area (Å²) in [6, 6.07) is 0.593. The van der Waals surface area contributed by atoms with Gasteiger partial charge in [-0.1, -0.05) is 25.2 Å². The first-order valence-corrected chi connectivity index (χ1v) is 12.5. The second kappa shape index (κ2) is 13.6. The largest absolute Gasteiger partial charge is 0.498 e. The van der Waals surface area contributed by atoms with E-state index in [0.717, 1.165) is 54.3 Å². The van der Waals surface area contributed by atoms with Gasteiger partial charge in [0.25, 0.3) is 5.91 Å². The van der Waals surface area contributed by atoms with Gasteiger partial charge in [0.1, 0.15) is 9.88 Å². The number of carbonyl (C=O) groups is 1. The number of aliphatic hydroxyl groups is 1. The minimum absolute atomic E-state index is 0.0400. The number of carbonyl (C=O) groups excluding carboxylic acids is 1. The van der Waals surface area contributed by atoms with Crippen molar-refractivity contribution >= 4 is 22.8 Å². The van der Waals surface area contributed by atoms with Crippen molar-refractivity contribution in [1.29, 1.82) is 0 Å². The highest BCUT2D eigenvalue weighted by Crippen LogP contribution is 2.29. The van der Waals surface area contributed by atoms with Crippen molar-refractivity contribution in [1.82, 2.24) is 14.8 Å². The Bertz CT molecular complexity index is 828. The number of nitrogens with zero attached hydrogens (tertiary/aromatic N) is 3. The smallest absolute Gasteiger partial charge is 0.265 e. The van der Waals surface area contributed by atoms with Gasteiger partial charge in [0.15, 0.2) is 0 Å². The van der Waals surface area contributed by atoms with Gasteiger partial charge in [-0.2, -0.15) is 0 Å². The van der Waals surface area contributed by atoms with Crippen molar-refractivity contribution in [2.24, 2.45) is 0 Å². The zero-order chi connectivity index (χ0) is 23.5. The molecule has 1 aliphatic rings. The summed E-state index contributed by atoms with van der Waals surface area (Å²) >= 11 is 1.43. The molecular weight excluding hydrogens is 422 g/mol. The van der Waals surface area contributed by atoms with Gasteiger partial charge in [-0.3, -0.25) is 4.79 Å². The number of thiazole rings is 1. The van der Waals surface area contributed by atoms with Crippen molar-refractivity contribution in [3.8, 4) is 0 Å². The quantitative estimate of drug-likeness (QED) is 0.362. The van der Waals surface area contributed by atoms with E-state index in [1.807, 2.05) is 19.9 Å². The van der Waals surface area contributed by atoms with Crippen LogP contribution in [0.3, 0.4) is 0 Å². The van der Waals surface area contributed by atoms with E-state index in [1.54, 1.807) is 4.90 Å². The number of aromatic nitrogens is 1. The van der Waals surface area contributed by atoms with Crippen molar-refractivity contribution in [3.63, 3.8) is 0 Å². The Kier molecular flexibility index (Phi) is 11.1. The van der Waals surface area contributed by atoms with Gasteiger partial charge >= 0.3 is 0 Å². The van der Waals surface area contributed by atoms with Crippen molar-refractivity contribution in [3.05, 3.63) is 45.6 Å². The zero-order valence-corrected chi connectivity index (χ0v) is 21.1. The molecule has 1 aromatic rings.